The van der Waals surface area contributed by atoms with Crippen LogP contribution in [-0.4, -0.2) is 6.29 Å². The quantitative estimate of drug-likeness (QED) is 0.715. The maximum Gasteiger partial charge on any atom is 0.133 e. The molecule has 1 aliphatic rings. The fraction of sp³-hybridized carbons (Fsp3) is 0.214. The smallest absolute Gasteiger partial charge is 0.133 e. The van der Waals surface area contributed by atoms with Gasteiger partial charge in [0.2, 0.25) is 0 Å². The lowest BCUT2D eigenvalue weighted by Gasteiger charge is -2.24. The molecule has 0 bridgehead atoms. The van der Waals surface area contributed by atoms with Gasteiger partial charge in [0.05, 0.1) is 0 Å². The number of aldehydes is 1. The van der Waals surface area contributed by atoms with Crippen LogP contribution in [0, 0.1) is 17.0 Å². The number of hydrogen-bond acceptors (Lipinski definition) is 1. The second-order valence-corrected chi connectivity index (χ2v) is 4.45. The first-order valence-corrected chi connectivity index (χ1v) is 5.35. The van der Waals surface area contributed by atoms with Crippen molar-refractivity contribution in [2.24, 2.45) is 5.41 Å². The van der Waals surface area contributed by atoms with Gasteiger partial charge in [-0.25, -0.2) is 8.78 Å². The fourth-order valence-electron chi connectivity index (χ4n) is 1.97. The average molecular weight is 234 g/mol. The molecule has 0 amide bonds. The summed E-state index contributed by atoms with van der Waals surface area (Å²) in [5, 5.41) is 0. The minimum atomic E-state index is -0.682. The predicted molar refractivity (Wildman–Crippen MR) is 62.3 cm³/mol. The lowest BCUT2D eigenvalue weighted by atomic mass is 9.79. The first-order chi connectivity index (χ1) is 8.06. The van der Waals surface area contributed by atoms with Crippen molar-refractivity contribution in [1.29, 1.82) is 0 Å². The maximum absolute atomic E-state index is 13.6. The van der Waals surface area contributed by atoms with Crippen LogP contribution in [0.5, 0.6) is 0 Å². The Kier molecular flexibility index (Phi) is 2.92. The van der Waals surface area contributed by atoms with E-state index in [0.717, 1.165) is 6.29 Å². The van der Waals surface area contributed by atoms with Gasteiger partial charge in [-0.15, -0.1) is 0 Å². The summed E-state index contributed by atoms with van der Waals surface area (Å²) in [5.41, 5.74) is -0.207. The molecule has 0 N–H and O–H groups in total. The van der Waals surface area contributed by atoms with Crippen LogP contribution >= 0.6 is 0 Å². The van der Waals surface area contributed by atoms with E-state index in [0.29, 0.717) is 12.0 Å². The van der Waals surface area contributed by atoms with Gasteiger partial charge < -0.3 is 4.79 Å². The van der Waals surface area contributed by atoms with Gasteiger partial charge in [0, 0.05) is 11.0 Å². The number of benzene rings is 1. The van der Waals surface area contributed by atoms with Gasteiger partial charge in [0.25, 0.3) is 0 Å². The largest absolute Gasteiger partial charge is 0.302 e. The molecule has 3 heteroatoms. The van der Waals surface area contributed by atoms with Crippen LogP contribution in [0.15, 0.2) is 36.4 Å². The van der Waals surface area contributed by atoms with Gasteiger partial charge >= 0.3 is 0 Å². The summed E-state index contributed by atoms with van der Waals surface area (Å²) in [7, 11) is 0. The molecule has 0 saturated carbocycles. The third-order valence-corrected chi connectivity index (χ3v) is 2.90. The Morgan fingerprint density at radius 2 is 1.94 bits per heavy atom. The highest BCUT2D eigenvalue weighted by molar-refractivity contribution is 5.76. The second-order valence-electron chi connectivity index (χ2n) is 4.45. The molecule has 1 unspecified atom stereocenters. The van der Waals surface area contributed by atoms with Gasteiger partial charge in [-0.2, -0.15) is 0 Å². The van der Waals surface area contributed by atoms with Crippen molar-refractivity contribution in [3.63, 3.8) is 0 Å². The van der Waals surface area contributed by atoms with Crippen LogP contribution in [0.1, 0.15) is 18.9 Å². The molecule has 17 heavy (non-hydrogen) atoms. The topological polar surface area (TPSA) is 17.1 Å². The van der Waals surface area contributed by atoms with E-state index < -0.39 is 17.0 Å². The van der Waals surface area contributed by atoms with Gasteiger partial charge in [-0.1, -0.05) is 24.3 Å². The number of allylic oxidation sites excluding steroid dienone is 4. The Bertz CT molecular complexity index is 497. The third kappa shape index (κ3) is 2.18. The SMILES string of the molecule is CC1(C=O)C=CC=C(c2c(F)cccc2F)C1. The van der Waals surface area contributed by atoms with E-state index in [9.17, 15) is 13.6 Å². The Morgan fingerprint density at radius 3 is 2.53 bits per heavy atom. The summed E-state index contributed by atoms with van der Waals surface area (Å²) in [4.78, 5) is 11.0. The highest BCUT2D eigenvalue weighted by Crippen LogP contribution is 2.36. The second kappa shape index (κ2) is 4.24. The van der Waals surface area contributed by atoms with Crippen LogP contribution in [0.2, 0.25) is 0 Å². The number of rotatable bonds is 2. The number of carbonyl (C=O) groups is 1. The molecule has 0 saturated heterocycles. The summed E-state index contributed by atoms with van der Waals surface area (Å²) in [6.07, 6.45) is 6.16. The van der Waals surface area contributed by atoms with Crippen molar-refractivity contribution in [1.82, 2.24) is 0 Å². The molecule has 0 spiro atoms. The zero-order valence-corrected chi connectivity index (χ0v) is 9.41. The van der Waals surface area contributed by atoms with Gasteiger partial charge in [0.1, 0.15) is 17.9 Å². The van der Waals surface area contributed by atoms with E-state index in [1.165, 1.54) is 18.2 Å². The zero-order valence-electron chi connectivity index (χ0n) is 9.41. The van der Waals surface area contributed by atoms with Crippen molar-refractivity contribution >= 4 is 11.9 Å². The Hall–Kier alpha value is -1.77. The first-order valence-electron chi connectivity index (χ1n) is 5.35. The van der Waals surface area contributed by atoms with E-state index >= 15 is 0 Å². The minimum Gasteiger partial charge on any atom is -0.302 e. The molecule has 1 aliphatic carbocycles. The molecule has 0 heterocycles. The lowest BCUT2D eigenvalue weighted by Crippen LogP contribution is -2.18. The average Bonchev–Trinajstić information content (AvgIpc) is 2.29. The highest BCUT2D eigenvalue weighted by atomic mass is 19.1. The molecule has 0 radical (unpaired) electrons. The van der Waals surface area contributed by atoms with Crippen LogP contribution in [-0.2, 0) is 4.79 Å². The van der Waals surface area contributed by atoms with E-state index in [1.807, 2.05) is 0 Å². The van der Waals surface area contributed by atoms with Crippen molar-refractivity contribution in [3.8, 4) is 0 Å². The third-order valence-electron chi connectivity index (χ3n) is 2.90. The fourth-order valence-corrected chi connectivity index (χ4v) is 1.97. The van der Waals surface area contributed by atoms with Gasteiger partial charge in [-0.05, 0) is 31.1 Å². The van der Waals surface area contributed by atoms with Crippen LogP contribution in [0.25, 0.3) is 5.57 Å². The molecule has 1 atom stereocenters. The molecule has 88 valence electrons. The summed E-state index contributed by atoms with van der Waals surface area (Å²) >= 11 is 0. The molecule has 1 aromatic carbocycles. The summed E-state index contributed by atoms with van der Waals surface area (Å²) in [5.74, 6) is -1.19. The standard InChI is InChI=1S/C14H12F2O/c1-14(9-17)7-3-4-10(8-14)13-11(15)5-2-6-12(13)16/h2-7,9H,8H2,1H3. The number of hydrogen-bond donors (Lipinski definition) is 0. The molecule has 1 aromatic rings. The predicted octanol–water partition coefficient (Wildman–Crippen LogP) is 3.51. The molecule has 0 aromatic heterocycles. The first kappa shape index (κ1) is 11.7. The zero-order chi connectivity index (χ0) is 12.5. The molecular weight excluding hydrogens is 222 g/mol. The normalized spacial score (nSPS) is 23.4. The van der Waals surface area contributed by atoms with Gasteiger partial charge in [0.15, 0.2) is 0 Å². The Balaban J connectivity index is 2.46. The van der Waals surface area contributed by atoms with Crippen molar-refractivity contribution in [2.75, 3.05) is 0 Å². The van der Waals surface area contributed by atoms with Crippen LogP contribution < -0.4 is 0 Å². The Morgan fingerprint density at radius 1 is 1.29 bits per heavy atom. The van der Waals surface area contributed by atoms with Gasteiger partial charge in [-0.3, -0.25) is 0 Å². The van der Waals surface area contributed by atoms with Crippen LogP contribution in [0.4, 0.5) is 8.78 Å². The summed E-state index contributed by atoms with van der Waals surface area (Å²) < 4.78 is 27.2. The maximum atomic E-state index is 13.6. The molecular formula is C14H12F2O. The highest BCUT2D eigenvalue weighted by Gasteiger charge is 2.26. The Labute approximate surface area is 98.5 Å². The van der Waals surface area contributed by atoms with E-state index in [1.54, 1.807) is 25.2 Å². The summed E-state index contributed by atoms with van der Waals surface area (Å²) in [6, 6.07) is 3.76. The van der Waals surface area contributed by atoms with E-state index in [-0.39, 0.29) is 5.56 Å². The van der Waals surface area contributed by atoms with Crippen LogP contribution in [0.3, 0.4) is 0 Å². The van der Waals surface area contributed by atoms with Crippen molar-refractivity contribution in [2.45, 2.75) is 13.3 Å². The minimum absolute atomic E-state index is 0.0371. The summed E-state index contributed by atoms with van der Waals surface area (Å²) in [6.45, 7) is 1.74. The number of halogens is 2. The lowest BCUT2D eigenvalue weighted by molar-refractivity contribution is -0.113. The van der Waals surface area contributed by atoms with Crippen molar-refractivity contribution in [3.05, 3.63) is 53.6 Å². The molecule has 0 fully saturated rings. The van der Waals surface area contributed by atoms with Crippen molar-refractivity contribution < 1.29 is 13.6 Å². The molecule has 0 aliphatic heterocycles. The molecule has 1 nitrogen and oxygen atoms in total. The molecule has 2 rings (SSSR count). The number of carbonyl (C=O) groups excluding carboxylic acids is 1. The monoisotopic (exact) mass is 234 g/mol. The van der Waals surface area contributed by atoms with E-state index in [2.05, 4.69) is 0 Å². The van der Waals surface area contributed by atoms with E-state index in [4.69, 9.17) is 0 Å².